The fourth-order valence-corrected chi connectivity index (χ4v) is 2.22. The van der Waals surface area contributed by atoms with Gasteiger partial charge in [-0.2, -0.15) is 13.2 Å². The number of aliphatic carboxylic acids is 1. The third kappa shape index (κ3) is 3.16. The monoisotopic (exact) mass is 297 g/mol. The topological polar surface area (TPSA) is 49.3 Å². The van der Waals surface area contributed by atoms with E-state index in [0.717, 1.165) is 5.39 Å². The van der Waals surface area contributed by atoms with Crippen LogP contribution in [0.1, 0.15) is 12.5 Å². The molecule has 0 radical (unpaired) electrons. The first-order valence-electron chi connectivity index (χ1n) is 6.27. The maximum Gasteiger partial charge on any atom is 0.401 e. The van der Waals surface area contributed by atoms with Gasteiger partial charge in [0.05, 0.1) is 6.54 Å². The van der Waals surface area contributed by atoms with Crippen LogP contribution in [0.5, 0.6) is 0 Å². The number of hydrogen-bond acceptors (Lipinski definition) is 2. The van der Waals surface area contributed by atoms with Crippen molar-refractivity contribution in [3.8, 4) is 0 Å². The standard InChI is InChI=1S/C15H14F3NO2/c1-14(13(20)21,19-9-15(16,17)18)12-8-4-6-10-5-2-3-7-11(10)12/h2-8,19H,9H2,1H3,(H,20,21). The molecule has 2 aromatic rings. The molecule has 6 heteroatoms. The minimum Gasteiger partial charge on any atom is -0.480 e. The molecule has 0 spiro atoms. The smallest absolute Gasteiger partial charge is 0.401 e. The highest BCUT2D eigenvalue weighted by Crippen LogP contribution is 2.30. The van der Waals surface area contributed by atoms with Gasteiger partial charge in [0.2, 0.25) is 0 Å². The Balaban J connectivity index is 2.52. The van der Waals surface area contributed by atoms with Gasteiger partial charge in [-0.15, -0.1) is 0 Å². The molecule has 2 N–H and O–H groups in total. The molecule has 3 nitrogen and oxygen atoms in total. The third-order valence-electron chi connectivity index (χ3n) is 3.40. The van der Waals surface area contributed by atoms with Gasteiger partial charge in [0.25, 0.3) is 0 Å². The molecule has 0 aliphatic heterocycles. The Hall–Kier alpha value is -2.08. The van der Waals surface area contributed by atoms with Gasteiger partial charge >= 0.3 is 12.1 Å². The fourth-order valence-electron chi connectivity index (χ4n) is 2.22. The van der Waals surface area contributed by atoms with Crippen LogP contribution >= 0.6 is 0 Å². The summed E-state index contributed by atoms with van der Waals surface area (Å²) < 4.78 is 37.3. The van der Waals surface area contributed by atoms with Gasteiger partial charge in [0.15, 0.2) is 0 Å². The van der Waals surface area contributed by atoms with Crippen molar-refractivity contribution in [1.29, 1.82) is 0 Å². The predicted molar refractivity (Wildman–Crippen MR) is 73.0 cm³/mol. The van der Waals surface area contributed by atoms with Crippen LogP contribution in [0.2, 0.25) is 0 Å². The maximum atomic E-state index is 12.4. The van der Waals surface area contributed by atoms with Crippen molar-refractivity contribution in [2.24, 2.45) is 0 Å². The van der Waals surface area contributed by atoms with Crippen molar-refractivity contribution in [2.45, 2.75) is 18.6 Å². The Morgan fingerprint density at radius 1 is 1.14 bits per heavy atom. The van der Waals surface area contributed by atoms with Gasteiger partial charge in [-0.1, -0.05) is 42.5 Å². The van der Waals surface area contributed by atoms with Crippen LogP contribution in [0.4, 0.5) is 13.2 Å². The SMILES string of the molecule is CC(NCC(F)(F)F)(C(=O)O)c1cccc2ccccc12. The van der Waals surface area contributed by atoms with Crippen molar-refractivity contribution in [3.63, 3.8) is 0 Å². The summed E-state index contributed by atoms with van der Waals surface area (Å²) >= 11 is 0. The summed E-state index contributed by atoms with van der Waals surface area (Å²) in [6.07, 6.45) is -4.48. The van der Waals surface area contributed by atoms with E-state index in [1.807, 2.05) is 0 Å². The van der Waals surface area contributed by atoms with Crippen LogP contribution < -0.4 is 5.32 Å². The Bertz CT molecular complexity index is 664. The molecule has 0 saturated heterocycles. The van der Waals surface area contributed by atoms with Crippen molar-refractivity contribution in [2.75, 3.05) is 6.54 Å². The number of alkyl halides is 3. The summed E-state index contributed by atoms with van der Waals surface area (Å²) in [7, 11) is 0. The summed E-state index contributed by atoms with van der Waals surface area (Å²) in [6.45, 7) is -0.137. The van der Waals surface area contributed by atoms with Crippen molar-refractivity contribution < 1.29 is 23.1 Å². The zero-order valence-corrected chi connectivity index (χ0v) is 11.2. The molecule has 21 heavy (non-hydrogen) atoms. The number of carboxylic acid groups (broad SMARTS) is 1. The average molecular weight is 297 g/mol. The lowest BCUT2D eigenvalue weighted by Gasteiger charge is -2.28. The number of hydrogen-bond donors (Lipinski definition) is 2. The second-order valence-electron chi connectivity index (χ2n) is 4.93. The lowest BCUT2D eigenvalue weighted by atomic mass is 9.87. The summed E-state index contributed by atoms with van der Waals surface area (Å²) in [6, 6.07) is 11.9. The highest BCUT2D eigenvalue weighted by atomic mass is 19.4. The predicted octanol–water partition coefficient (Wildman–Crippen LogP) is 3.29. The van der Waals surface area contributed by atoms with E-state index in [-0.39, 0.29) is 0 Å². The van der Waals surface area contributed by atoms with E-state index in [4.69, 9.17) is 0 Å². The number of fused-ring (bicyclic) bond motifs is 1. The number of benzene rings is 2. The quantitative estimate of drug-likeness (QED) is 0.910. The first-order valence-corrected chi connectivity index (χ1v) is 6.27. The van der Waals surface area contributed by atoms with Crippen LogP contribution in [-0.4, -0.2) is 23.8 Å². The molecule has 0 aromatic heterocycles. The van der Waals surface area contributed by atoms with E-state index in [0.29, 0.717) is 10.9 Å². The normalized spacial score (nSPS) is 14.9. The highest BCUT2D eigenvalue weighted by Gasteiger charge is 2.40. The van der Waals surface area contributed by atoms with Crippen LogP contribution in [-0.2, 0) is 10.3 Å². The molecule has 112 valence electrons. The van der Waals surface area contributed by atoms with E-state index in [1.54, 1.807) is 36.4 Å². The Morgan fingerprint density at radius 2 is 1.76 bits per heavy atom. The van der Waals surface area contributed by atoms with Gasteiger partial charge < -0.3 is 5.11 Å². The zero-order valence-electron chi connectivity index (χ0n) is 11.2. The first kappa shape index (κ1) is 15.3. The van der Waals surface area contributed by atoms with E-state index >= 15 is 0 Å². The van der Waals surface area contributed by atoms with E-state index in [2.05, 4.69) is 5.32 Å². The molecule has 1 unspecified atom stereocenters. The maximum absolute atomic E-state index is 12.4. The average Bonchev–Trinajstić information content (AvgIpc) is 2.43. The molecular weight excluding hydrogens is 283 g/mol. The molecule has 0 fully saturated rings. The third-order valence-corrected chi connectivity index (χ3v) is 3.40. The Kier molecular flexibility index (Phi) is 3.91. The molecule has 0 aliphatic rings. The first-order chi connectivity index (χ1) is 9.74. The van der Waals surface area contributed by atoms with E-state index in [1.165, 1.54) is 13.0 Å². The number of nitrogens with one attached hydrogen (secondary N) is 1. The Morgan fingerprint density at radius 3 is 2.38 bits per heavy atom. The summed E-state index contributed by atoms with van der Waals surface area (Å²) in [5.41, 5.74) is -1.52. The van der Waals surface area contributed by atoms with Gasteiger partial charge in [-0.25, -0.2) is 4.79 Å². The fraction of sp³-hybridized carbons (Fsp3) is 0.267. The number of halogens is 3. The van der Waals surface area contributed by atoms with Gasteiger partial charge in [-0.05, 0) is 23.3 Å². The minimum absolute atomic E-state index is 0.303. The molecule has 2 rings (SSSR count). The van der Waals surface area contributed by atoms with Crippen LogP contribution in [0.15, 0.2) is 42.5 Å². The second kappa shape index (κ2) is 5.37. The lowest BCUT2D eigenvalue weighted by molar-refractivity contribution is -0.149. The number of rotatable bonds is 4. The summed E-state index contributed by atoms with van der Waals surface area (Å²) in [4.78, 5) is 11.6. The van der Waals surface area contributed by atoms with Crippen molar-refractivity contribution in [3.05, 3.63) is 48.0 Å². The van der Waals surface area contributed by atoms with Crippen LogP contribution in [0.25, 0.3) is 10.8 Å². The number of carboxylic acids is 1. The molecular formula is C15H14F3NO2. The van der Waals surface area contributed by atoms with Crippen molar-refractivity contribution >= 4 is 16.7 Å². The van der Waals surface area contributed by atoms with Gasteiger partial charge in [0.1, 0.15) is 5.54 Å². The second-order valence-corrected chi connectivity index (χ2v) is 4.93. The van der Waals surface area contributed by atoms with E-state index < -0.39 is 24.2 Å². The lowest BCUT2D eigenvalue weighted by Crippen LogP contribution is -2.50. The van der Waals surface area contributed by atoms with Gasteiger partial charge in [0, 0.05) is 0 Å². The van der Waals surface area contributed by atoms with Crippen LogP contribution in [0, 0.1) is 0 Å². The Labute approximate surface area is 119 Å². The largest absolute Gasteiger partial charge is 0.480 e. The van der Waals surface area contributed by atoms with E-state index in [9.17, 15) is 23.1 Å². The number of carbonyl (C=O) groups is 1. The molecule has 0 bridgehead atoms. The summed E-state index contributed by atoms with van der Waals surface area (Å²) in [5.74, 6) is -1.36. The molecule has 0 aliphatic carbocycles. The molecule has 1 atom stereocenters. The minimum atomic E-state index is -4.48. The molecule has 2 aromatic carbocycles. The van der Waals surface area contributed by atoms with Crippen LogP contribution in [0.3, 0.4) is 0 Å². The van der Waals surface area contributed by atoms with Crippen molar-refractivity contribution in [1.82, 2.24) is 5.32 Å². The zero-order chi connectivity index (χ0) is 15.7. The molecule has 0 amide bonds. The van der Waals surface area contributed by atoms with Gasteiger partial charge in [-0.3, -0.25) is 5.32 Å². The highest BCUT2D eigenvalue weighted by molar-refractivity contribution is 5.92. The summed E-state index contributed by atoms with van der Waals surface area (Å²) in [5, 5.41) is 12.9. The molecule has 0 saturated carbocycles. The molecule has 0 heterocycles.